The third-order valence-electron chi connectivity index (χ3n) is 5.48. The van der Waals surface area contributed by atoms with Gasteiger partial charge in [0.2, 0.25) is 0 Å². The smallest absolute Gasteiger partial charge is 0.122 e. The third-order valence-corrected chi connectivity index (χ3v) is 6.31. The molecule has 4 rings (SSSR count). The molecule has 1 saturated carbocycles. The van der Waals surface area contributed by atoms with Crippen LogP contribution in [0.4, 0.5) is 0 Å². The van der Waals surface area contributed by atoms with Crippen LogP contribution in [0.3, 0.4) is 0 Å². The summed E-state index contributed by atoms with van der Waals surface area (Å²) in [6.45, 7) is 6.28. The Balaban J connectivity index is 0.00000169. The van der Waals surface area contributed by atoms with Crippen LogP contribution in [0.5, 0.6) is 0 Å². The molecular formula is C17H26ClN5S. The molecule has 1 aliphatic heterocycles. The average molecular weight is 368 g/mol. The third kappa shape index (κ3) is 3.52. The number of nitrogens with one attached hydrogen (secondary N) is 1. The Hall–Kier alpha value is -0.950. The number of imidazole rings is 1. The van der Waals surface area contributed by atoms with Crippen LogP contribution in [0.25, 0.3) is 0 Å². The summed E-state index contributed by atoms with van der Waals surface area (Å²) < 4.78 is 2.14. The van der Waals surface area contributed by atoms with E-state index in [-0.39, 0.29) is 12.4 Å². The van der Waals surface area contributed by atoms with Gasteiger partial charge in [-0.2, -0.15) is 0 Å². The summed E-state index contributed by atoms with van der Waals surface area (Å²) in [5, 5.41) is 6.87. The van der Waals surface area contributed by atoms with Gasteiger partial charge in [0.1, 0.15) is 5.82 Å². The van der Waals surface area contributed by atoms with Gasteiger partial charge in [-0.15, -0.1) is 23.7 Å². The molecule has 1 atom stereocenters. The van der Waals surface area contributed by atoms with Crippen molar-refractivity contribution in [3.8, 4) is 0 Å². The Morgan fingerprint density at radius 2 is 2.17 bits per heavy atom. The normalized spacial score (nSPS) is 21.9. The quantitative estimate of drug-likeness (QED) is 0.882. The number of hydrogen-bond acceptors (Lipinski definition) is 5. The highest BCUT2D eigenvalue weighted by Crippen LogP contribution is 2.56. The Morgan fingerprint density at radius 3 is 2.79 bits per heavy atom. The van der Waals surface area contributed by atoms with Gasteiger partial charge in [-0.1, -0.05) is 0 Å². The molecule has 3 heterocycles. The van der Waals surface area contributed by atoms with Crippen molar-refractivity contribution in [1.82, 2.24) is 24.8 Å². The fourth-order valence-corrected chi connectivity index (χ4v) is 4.60. The first kappa shape index (κ1) is 17.9. The van der Waals surface area contributed by atoms with Crippen molar-refractivity contribution in [1.29, 1.82) is 0 Å². The van der Waals surface area contributed by atoms with E-state index in [0.717, 1.165) is 23.9 Å². The molecule has 2 aromatic rings. The predicted molar refractivity (Wildman–Crippen MR) is 99.5 cm³/mol. The first-order valence-corrected chi connectivity index (χ1v) is 9.36. The van der Waals surface area contributed by atoms with Crippen LogP contribution in [0.2, 0.25) is 0 Å². The lowest BCUT2D eigenvalue weighted by Gasteiger charge is -2.29. The van der Waals surface area contributed by atoms with Gasteiger partial charge in [-0.05, 0) is 44.7 Å². The molecule has 0 bridgehead atoms. The molecule has 2 fully saturated rings. The van der Waals surface area contributed by atoms with Gasteiger partial charge in [-0.25, -0.2) is 9.97 Å². The molecule has 1 unspecified atom stereocenters. The van der Waals surface area contributed by atoms with Crippen LogP contribution in [-0.4, -0.2) is 38.6 Å². The lowest BCUT2D eigenvalue weighted by Crippen LogP contribution is -2.36. The largest absolute Gasteiger partial charge is 0.337 e. The first-order valence-electron chi connectivity index (χ1n) is 8.48. The van der Waals surface area contributed by atoms with E-state index in [1.807, 2.05) is 12.4 Å². The number of thiazole rings is 1. The summed E-state index contributed by atoms with van der Waals surface area (Å²) in [4.78, 5) is 11.8. The second kappa shape index (κ2) is 7.12. The SMILES string of the molecule is Cc1nc(CN(Cc2nccn2C)C2CC23CCNCC3)cs1.Cl. The minimum absolute atomic E-state index is 0. The van der Waals surface area contributed by atoms with Crippen LogP contribution in [0, 0.1) is 12.3 Å². The molecule has 1 saturated heterocycles. The Morgan fingerprint density at radius 1 is 1.38 bits per heavy atom. The van der Waals surface area contributed by atoms with Crippen molar-refractivity contribution >= 4 is 23.7 Å². The molecule has 132 valence electrons. The van der Waals surface area contributed by atoms with Gasteiger partial charge < -0.3 is 9.88 Å². The molecule has 5 nitrogen and oxygen atoms in total. The molecule has 24 heavy (non-hydrogen) atoms. The number of aryl methyl sites for hydroxylation is 2. The lowest BCUT2D eigenvalue weighted by molar-refractivity contribution is 0.181. The van der Waals surface area contributed by atoms with Crippen LogP contribution >= 0.6 is 23.7 Å². The van der Waals surface area contributed by atoms with Gasteiger partial charge in [-0.3, -0.25) is 4.90 Å². The zero-order valence-corrected chi connectivity index (χ0v) is 16.0. The Kier molecular flexibility index (Phi) is 5.30. The molecule has 0 radical (unpaired) electrons. The molecule has 2 aromatic heterocycles. The summed E-state index contributed by atoms with van der Waals surface area (Å²) in [7, 11) is 2.08. The highest BCUT2D eigenvalue weighted by atomic mass is 35.5. The van der Waals surface area contributed by atoms with Crippen molar-refractivity contribution in [3.63, 3.8) is 0 Å². The molecule has 0 aromatic carbocycles. The van der Waals surface area contributed by atoms with Gasteiger partial charge >= 0.3 is 0 Å². The van der Waals surface area contributed by atoms with Gasteiger partial charge in [0.05, 0.1) is 17.2 Å². The fourth-order valence-electron chi connectivity index (χ4n) is 4.00. The number of rotatable bonds is 5. The van der Waals surface area contributed by atoms with E-state index in [9.17, 15) is 0 Å². The van der Waals surface area contributed by atoms with E-state index in [4.69, 9.17) is 0 Å². The highest BCUT2D eigenvalue weighted by molar-refractivity contribution is 7.09. The molecule has 7 heteroatoms. The zero-order chi connectivity index (χ0) is 15.9. The van der Waals surface area contributed by atoms with Crippen LogP contribution in [0.1, 0.15) is 35.8 Å². The van der Waals surface area contributed by atoms with Crippen molar-refractivity contribution < 1.29 is 0 Å². The number of piperidine rings is 1. The lowest BCUT2D eigenvalue weighted by atomic mass is 9.93. The summed E-state index contributed by atoms with van der Waals surface area (Å²) in [5.74, 6) is 1.15. The van der Waals surface area contributed by atoms with Gasteiger partial charge in [0.15, 0.2) is 0 Å². The van der Waals surface area contributed by atoms with Crippen LogP contribution in [-0.2, 0) is 20.1 Å². The van der Waals surface area contributed by atoms with Gasteiger partial charge in [0, 0.05) is 37.4 Å². The summed E-state index contributed by atoms with van der Waals surface area (Å²) in [6, 6.07) is 0.684. The number of nitrogens with zero attached hydrogens (tertiary/aromatic N) is 4. The summed E-state index contributed by atoms with van der Waals surface area (Å²) >= 11 is 1.75. The maximum atomic E-state index is 4.68. The Bertz CT molecular complexity index is 676. The standard InChI is InChI=1S/C17H25N5S.ClH/c1-13-20-14(12-23-13)10-22(11-16-19-7-8-21(16)2)15-9-17(15)3-5-18-6-4-17;/h7-8,12,15,18H,3-6,9-11H2,1-2H3;1H. The minimum Gasteiger partial charge on any atom is -0.337 e. The van der Waals surface area contributed by atoms with Crippen molar-refractivity contribution in [2.45, 2.75) is 45.3 Å². The van der Waals surface area contributed by atoms with E-state index in [1.54, 1.807) is 11.3 Å². The van der Waals surface area contributed by atoms with E-state index < -0.39 is 0 Å². The van der Waals surface area contributed by atoms with Crippen molar-refractivity contribution in [2.24, 2.45) is 12.5 Å². The fraction of sp³-hybridized carbons (Fsp3) is 0.647. The molecule has 1 aliphatic carbocycles. The predicted octanol–water partition coefficient (Wildman–Crippen LogP) is 2.75. The van der Waals surface area contributed by atoms with E-state index in [0.29, 0.717) is 11.5 Å². The molecule has 0 amide bonds. The zero-order valence-electron chi connectivity index (χ0n) is 14.4. The second-order valence-corrected chi connectivity index (χ2v) is 8.11. The van der Waals surface area contributed by atoms with Crippen LogP contribution < -0.4 is 5.32 Å². The second-order valence-electron chi connectivity index (χ2n) is 7.05. The molecule has 2 aliphatic rings. The molecular weight excluding hydrogens is 342 g/mol. The maximum Gasteiger partial charge on any atom is 0.122 e. The maximum absolute atomic E-state index is 4.68. The topological polar surface area (TPSA) is 46.0 Å². The summed E-state index contributed by atoms with van der Waals surface area (Å²) in [5.41, 5.74) is 1.75. The van der Waals surface area contributed by atoms with Crippen LogP contribution in [0.15, 0.2) is 17.8 Å². The van der Waals surface area contributed by atoms with Crippen molar-refractivity contribution in [3.05, 3.63) is 34.3 Å². The highest BCUT2D eigenvalue weighted by Gasteiger charge is 2.56. The van der Waals surface area contributed by atoms with Gasteiger partial charge in [0.25, 0.3) is 0 Å². The monoisotopic (exact) mass is 367 g/mol. The average Bonchev–Trinajstić information content (AvgIpc) is 2.85. The van der Waals surface area contributed by atoms with Crippen molar-refractivity contribution in [2.75, 3.05) is 13.1 Å². The first-order chi connectivity index (χ1) is 11.2. The van der Waals surface area contributed by atoms with E-state index in [2.05, 4.69) is 44.1 Å². The molecule has 1 spiro atoms. The summed E-state index contributed by atoms with van der Waals surface area (Å²) in [6.07, 6.45) is 7.89. The number of hydrogen-bond donors (Lipinski definition) is 1. The minimum atomic E-state index is 0. The number of halogens is 1. The van der Waals surface area contributed by atoms with E-state index in [1.165, 1.54) is 38.0 Å². The number of aromatic nitrogens is 3. The molecule has 1 N–H and O–H groups in total. The Labute approximate surface area is 153 Å². The van der Waals surface area contributed by atoms with E-state index >= 15 is 0 Å².